The van der Waals surface area contributed by atoms with Gasteiger partial charge in [-0.15, -0.1) is 16.4 Å². The topological polar surface area (TPSA) is 67.4 Å². The maximum absolute atomic E-state index is 13.3. The fourth-order valence-electron chi connectivity index (χ4n) is 3.37. The van der Waals surface area contributed by atoms with Crippen LogP contribution in [0, 0.1) is 0 Å². The van der Waals surface area contributed by atoms with Gasteiger partial charge in [0.1, 0.15) is 18.1 Å². The Morgan fingerprint density at radius 3 is 2.71 bits per heavy atom. The third-order valence-corrected chi connectivity index (χ3v) is 6.86. The van der Waals surface area contributed by atoms with Crippen molar-refractivity contribution >= 4 is 46.5 Å². The minimum atomic E-state index is -0.146. The first-order valence-electron chi connectivity index (χ1n) is 10.9. The summed E-state index contributed by atoms with van der Waals surface area (Å²) in [5, 5.41) is 11.0. The number of amidine groups is 1. The molecule has 35 heavy (non-hydrogen) atoms. The van der Waals surface area contributed by atoms with Crippen LogP contribution in [0.2, 0.25) is 0 Å². The molecule has 2 aromatic carbocycles. The van der Waals surface area contributed by atoms with Crippen LogP contribution in [0.15, 0.2) is 110 Å². The lowest BCUT2D eigenvalue weighted by molar-refractivity contribution is -0.122. The monoisotopic (exact) mass is 499 g/mol. The van der Waals surface area contributed by atoms with Crippen LogP contribution < -0.4 is 4.74 Å². The minimum Gasteiger partial charge on any atom is -0.489 e. The lowest BCUT2D eigenvalue weighted by Gasteiger charge is -2.12. The van der Waals surface area contributed by atoms with E-state index in [0.29, 0.717) is 22.4 Å². The van der Waals surface area contributed by atoms with Crippen molar-refractivity contribution in [3.63, 3.8) is 0 Å². The normalized spacial score (nSPS) is 16.1. The summed E-state index contributed by atoms with van der Waals surface area (Å²) >= 11 is 2.86. The first-order chi connectivity index (χ1) is 17.2. The summed E-state index contributed by atoms with van der Waals surface area (Å²) < 4.78 is 11.4. The summed E-state index contributed by atoms with van der Waals surface area (Å²) in [6.07, 6.45) is 5.12. The molecule has 4 aromatic rings. The van der Waals surface area contributed by atoms with Gasteiger partial charge in [-0.05, 0) is 64.7 Å². The lowest BCUT2D eigenvalue weighted by Crippen LogP contribution is -2.28. The van der Waals surface area contributed by atoms with Crippen LogP contribution in [0.25, 0.3) is 6.08 Å². The largest absolute Gasteiger partial charge is 0.489 e. The number of carbonyl (C=O) groups excluding carboxylic acids is 1. The summed E-state index contributed by atoms with van der Waals surface area (Å²) in [5.74, 6) is 1.26. The SMILES string of the molecule is O=C1/C(=C/c2cccc(OCc3ccccc3)c2)S/C(=N/N=C/c2cccs2)N1Cc1ccco1. The van der Waals surface area contributed by atoms with E-state index in [1.807, 2.05) is 84.3 Å². The van der Waals surface area contributed by atoms with E-state index in [2.05, 4.69) is 10.2 Å². The average Bonchev–Trinajstić information content (AvgIpc) is 3.64. The minimum absolute atomic E-state index is 0.146. The van der Waals surface area contributed by atoms with E-state index in [-0.39, 0.29) is 12.5 Å². The number of benzene rings is 2. The molecule has 0 atom stereocenters. The van der Waals surface area contributed by atoms with Crippen LogP contribution in [0.4, 0.5) is 0 Å². The van der Waals surface area contributed by atoms with E-state index in [1.165, 1.54) is 11.8 Å². The number of hydrogen-bond acceptors (Lipinski definition) is 7. The molecule has 174 valence electrons. The third kappa shape index (κ3) is 5.98. The van der Waals surface area contributed by atoms with Crippen molar-refractivity contribution < 1.29 is 13.9 Å². The molecular formula is C27H21N3O3S2. The number of rotatable bonds is 8. The Bertz CT molecular complexity index is 1360. The van der Waals surface area contributed by atoms with Crippen LogP contribution in [-0.4, -0.2) is 22.2 Å². The summed E-state index contributed by atoms with van der Waals surface area (Å²) in [6, 6.07) is 25.2. The van der Waals surface area contributed by atoms with Gasteiger partial charge in [-0.25, -0.2) is 0 Å². The summed E-state index contributed by atoms with van der Waals surface area (Å²) in [6.45, 7) is 0.758. The number of thioether (sulfide) groups is 1. The maximum Gasteiger partial charge on any atom is 0.267 e. The highest BCUT2D eigenvalue weighted by Crippen LogP contribution is 2.34. The highest BCUT2D eigenvalue weighted by atomic mass is 32.2. The Balaban J connectivity index is 1.35. The van der Waals surface area contributed by atoms with Gasteiger partial charge in [0.05, 0.1) is 23.9 Å². The van der Waals surface area contributed by atoms with E-state index in [4.69, 9.17) is 9.15 Å². The van der Waals surface area contributed by atoms with Gasteiger partial charge >= 0.3 is 0 Å². The predicted molar refractivity (Wildman–Crippen MR) is 141 cm³/mol. The highest BCUT2D eigenvalue weighted by Gasteiger charge is 2.34. The van der Waals surface area contributed by atoms with E-state index in [0.717, 1.165) is 21.8 Å². The maximum atomic E-state index is 13.3. The molecule has 0 N–H and O–H groups in total. The molecule has 0 unspecified atom stereocenters. The number of thiophene rings is 1. The molecule has 3 heterocycles. The molecule has 0 aliphatic carbocycles. The Hall–Kier alpha value is -3.88. The molecule has 5 rings (SSSR count). The zero-order valence-corrected chi connectivity index (χ0v) is 20.2. The molecule has 1 aliphatic rings. The van der Waals surface area contributed by atoms with Crippen molar-refractivity contribution in [2.45, 2.75) is 13.2 Å². The average molecular weight is 500 g/mol. The lowest BCUT2D eigenvalue weighted by atomic mass is 10.2. The quantitative estimate of drug-likeness (QED) is 0.159. The number of furan rings is 1. The van der Waals surface area contributed by atoms with Gasteiger partial charge in [-0.2, -0.15) is 5.10 Å². The molecule has 2 aromatic heterocycles. The van der Waals surface area contributed by atoms with Crippen molar-refractivity contribution in [2.24, 2.45) is 10.2 Å². The Morgan fingerprint density at radius 1 is 1.00 bits per heavy atom. The number of amides is 1. The predicted octanol–water partition coefficient (Wildman–Crippen LogP) is 6.43. The van der Waals surface area contributed by atoms with E-state index < -0.39 is 0 Å². The van der Waals surface area contributed by atoms with Gasteiger partial charge in [-0.3, -0.25) is 9.69 Å². The second kappa shape index (κ2) is 11.0. The van der Waals surface area contributed by atoms with Gasteiger partial charge in [0.2, 0.25) is 0 Å². The van der Waals surface area contributed by atoms with Crippen molar-refractivity contribution in [1.29, 1.82) is 0 Å². The van der Waals surface area contributed by atoms with E-state index in [9.17, 15) is 4.79 Å². The third-order valence-electron chi connectivity index (χ3n) is 5.06. The summed E-state index contributed by atoms with van der Waals surface area (Å²) in [4.78, 5) is 16.4. The second-order valence-corrected chi connectivity index (χ2v) is 9.56. The fraction of sp³-hybridized carbons (Fsp3) is 0.0741. The molecule has 1 saturated heterocycles. The molecule has 6 nitrogen and oxygen atoms in total. The van der Waals surface area contributed by atoms with Crippen LogP contribution in [0.1, 0.15) is 21.8 Å². The summed E-state index contributed by atoms with van der Waals surface area (Å²) in [5.41, 5.74) is 1.96. The van der Waals surface area contributed by atoms with Gasteiger partial charge < -0.3 is 9.15 Å². The van der Waals surface area contributed by atoms with Crippen molar-refractivity contribution in [2.75, 3.05) is 0 Å². The smallest absolute Gasteiger partial charge is 0.267 e. The Morgan fingerprint density at radius 2 is 1.91 bits per heavy atom. The number of hydrogen-bond donors (Lipinski definition) is 0. The van der Waals surface area contributed by atoms with Gasteiger partial charge in [0, 0.05) is 4.88 Å². The molecule has 0 bridgehead atoms. The molecule has 1 amide bonds. The van der Waals surface area contributed by atoms with Gasteiger partial charge in [0.15, 0.2) is 5.17 Å². The van der Waals surface area contributed by atoms with Crippen LogP contribution in [-0.2, 0) is 17.9 Å². The fourth-order valence-corrected chi connectivity index (χ4v) is 4.88. The first-order valence-corrected chi connectivity index (χ1v) is 12.6. The van der Waals surface area contributed by atoms with E-state index >= 15 is 0 Å². The van der Waals surface area contributed by atoms with Crippen molar-refractivity contribution in [3.05, 3.63) is 117 Å². The van der Waals surface area contributed by atoms with Crippen molar-refractivity contribution in [1.82, 2.24) is 4.90 Å². The van der Waals surface area contributed by atoms with Crippen LogP contribution >= 0.6 is 23.1 Å². The zero-order valence-electron chi connectivity index (χ0n) is 18.6. The summed E-state index contributed by atoms with van der Waals surface area (Å²) in [7, 11) is 0. The van der Waals surface area contributed by atoms with Gasteiger partial charge in [-0.1, -0.05) is 48.5 Å². The Labute approximate surface area is 211 Å². The Kier molecular flexibility index (Phi) is 7.21. The first kappa shape index (κ1) is 22.9. The number of ether oxygens (including phenoxy) is 1. The van der Waals surface area contributed by atoms with Crippen LogP contribution in [0.5, 0.6) is 5.75 Å². The molecule has 1 aliphatic heterocycles. The van der Waals surface area contributed by atoms with Gasteiger partial charge in [0.25, 0.3) is 5.91 Å². The number of nitrogens with zero attached hydrogens (tertiary/aromatic N) is 3. The van der Waals surface area contributed by atoms with Crippen molar-refractivity contribution in [3.8, 4) is 5.75 Å². The standard InChI is InChI=1S/C27H21N3O3S2/c31-26-25(16-21-9-4-10-22(15-21)33-19-20-7-2-1-3-8-20)35-27(29-28-17-24-12-6-14-34-24)30(26)18-23-11-5-13-32-23/h1-17H,18-19H2/b25-16-,28-17+,29-27+. The molecule has 0 radical (unpaired) electrons. The van der Waals surface area contributed by atoms with E-state index in [1.54, 1.807) is 34.8 Å². The van der Waals surface area contributed by atoms with Crippen LogP contribution in [0.3, 0.4) is 0 Å². The molecule has 1 fully saturated rings. The zero-order chi connectivity index (χ0) is 23.9. The molecular weight excluding hydrogens is 478 g/mol. The molecule has 0 saturated carbocycles. The molecule has 0 spiro atoms. The molecule has 8 heteroatoms. The highest BCUT2D eigenvalue weighted by molar-refractivity contribution is 8.18. The second-order valence-electron chi connectivity index (χ2n) is 7.57. The number of carbonyl (C=O) groups is 1.